The van der Waals surface area contributed by atoms with Gasteiger partial charge in [0.1, 0.15) is 0 Å². The van der Waals surface area contributed by atoms with Crippen LogP contribution >= 0.6 is 0 Å². The summed E-state index contributed by atoms with van der Waals surface area (Å²) in [5, 5.41) is 5.55. The number of rotatable bonds is 3. The van der Waals surface area contributed by atoms with Crippen LogP contribution in [-0.4, -0.2) is 14.0 Å². The molecule has 3 rings (SSSR count). The Morgan fingerprint density at radius 2 is 2.00 bits per heavy atom. The first-order chi connectivity index (χ1) is 10.1. The van der Waals surface area contributed by atoms with Gasteiger partial charge < -0.3 is 5.73 Å². The summed E-state index contributed by atoms with van der Waals surface area (Å²) in [6, 6.07) is 13.5. The smallest absolute Gasteiger partial charge is 0.0831 e. The molecule has 0 saturated heterocycles. The molecule has 5 heteroatoms. The van der Waals surface area contributed by atoms with Crippen molar-refractivity contribution >= 4 is 27.4 Å². The molecule has 2 aromatic carbocycles. The molecule has 0 bridgehead atoms. The molecule has 0 amide bonds. The van der Waals surface area contributed by atoms with E-state index in [0.29, 0.717) is 5.75 Å². The Labute approximate surface area is 126 Å². The lowest BCUT2D eigenvalue weighted by atomic mass is 10.2. The topological polar surface area (TPSA) is 60.9 Å². The molecule has 1 atom stereocenters. The van der Waals surface area contributed by atoms with Gasteiger partial charge in [-0.25, -0.2) is 0 Å². The van der Waals surface area contributed by atoms with Crippen LogP contribution in [0.15, 0.2) is 47.4 Å². The van der Waals surface area contributed by atoms with Gasteiger partial charge >= 0.3 is 0 Å². The Hall–Kier alpha value is -2.14. The minimum Gasteiger partial charge on any atom is -0.399 e. The van der Waals surface area contributed by atoms with Crippen molar-refractivity contribution < 1.29 is 4.21 Å². The van der Waals surface area contributed by atoms with E-state index in [2.05, 4.69) is 5.10 Å². The molecular formula is C16H17N3OS. The van der Waals surface area contributed by atoms with Crippen molar-refractivity contribution in [3.05, 3.63) is 53.7 Å². The first kappa shape index (κ1) is 13.8. The molecule has 0 fully saturated rings. The first-order valence-corrected chi connectivity index (χ1v) is 8.03. The lowest BCUT2D eigenvalue weighted by Gasteiger charge is -2.04. The summed E-state index contributed by atoms with van der Waals surface area (Å²) in [5.41, 5.74) is 9.39. The molecule has 1 aromatic heterocycles. The van der Waals surface area contributed by atoms with Gasteiger partial charge in [0.05, 0.1) is 27.8 Å². The van der Waals surface area contributed by atoms with Gasteiger partial charge in [0.15, 0.2) is 0 Å². The first-order valence-electron chi connectivity index (χ1n) is 6.71. The molecule has 108 valence electrons. The Balaban J connectivity index is 1.94. The quantitative estimate of drug-likeness (QED) is 0.756. The summed E-state index contributed by atoms with van der Waals surface area (Å²) < 4.78 is 14.4. The number of hydrogen-bond acceptors (Lipinski definition) is 3. The second kappa shape index (κ2) is 5.33. The molecule has 0 radical (unpaired) electrons. The highest BCUT2D eigenvalue weighted by Crippen LogP contribution is 2.22. The molecule has 1 unspecified atom stereocenters. The molecule has 4 nitrogen and oxygen atoms in total. The number of nitrogens with zero attached hydrogens (tertiary/aromatic N) is 2. The lowest BCUT2D eigenvalue weighted by molar-refractivity contribution is 0.681. The van der Waals surface area contributed by atoms with Crippen molar-refractivity contribution in [2.24, 2.45) is 7.05 Å². The monoisotopic (exact) mass is 299 g/mol. The maximum atomic E-state index is 12.6. The number of anilines is 1. The van der Waals surface area contributed by atoms with Gasteiger partial charge in [-0.1, -0.05) is 18.2 Å². The molecule has 0 aliphatic rings. The Kier molecular flexibility index (Phi) is 3.51. The highest BCUT2D eigenvalue weighted by molar-refractivity contribution is 7.84. The Morgan fingerprint density at radius 1 is 1.24 bits per heavy atom. The van der Waals surface area contributed by atoms with Crippen LogP contribution in [0.25, 0.3) is 10.9 Å². The number of para-hydroxylation sites is 1. The maximum Gasteiger partial charge on any atom is 0.0831 e. The molecule has 21 heavy (non-hydrogen) atoms. The Morgan fingerprint density at radius 3 is 2.76 bits per heavy atom. The number of aryl methyl sites for hydroxylation is 2. The van der Waals surface area contributed by atoms with Crippen molar-refractivity contribution in [2.75, 3.05) is 5.73 Å². The average molecular weight is 299 g/mol. The molecule has 0 aliphatic heterocycles. The van der Waals surface area contributed by atoms with Gasteiger partial charge in [-0.2, -0.15) is 5.10 Å². The molecule has 0 saturated carbocycles. The van der Waals surface area contributed by atoms with E-state index in [1.54, 1.807) is 6.07 Å². The highest BCUT2D eigenvalue weighted by Gasteiger charge is 2.13. The zero-order valence-corrected chi connectivity index (χ0v) is 12.9. The fourth-order valence-electron chi connectivity index (χ4n) is 2.39. The van der Waals surface area contributed by atoms with Crippen molar-refractivity contribution in [3.63, 3.8) is 0 Å². The molecule has 3 aromatic rings. The maximum absolute atomic E-state index is 12.6. The number of hydrogen-bond donors (Lipinski definition) is 1. The van der Waals surface area contributed by atoms with Crippen molar-refractivity contribution in [2.45, 2.75) is 17.6 Å². The van der Waals surface area contributed by atoms with Crippen molar-refractivity contribution in [3.8, 4) is 0 Å². The zero-order chi connectivity index (χ0) is 15.0. The molecule has 0 aliphatic carbocycles. The van der Waals surface area contributed by atoms with Gasteiger partial charge in [-0.15, -0.1) is 0 Å². The van der Waals surface area contributed by atoms with Crippen molar-refractivity contribution in [1.29, 1.82) is 0 Å². The zero-order valence-electron chi connectivity index (χ0n) is 12.0. The molecule has 2 N–H and O–H groups in total. The van der Waals surface area contributed by atoms with Crippen molar-refractivity contribution in [1.82, 2.24) is 9.78 Å². The number of aromatic nitrogens is 2. The number of nitrogen functional groups attached to an aromatic ring is 1. The second-order valence-corrected chi connectivity index (χ2v) is 6.55. The van der Waals surface area contributed by atoms with E-state index in [-0.39, 0.29) is 0 Å². The SMILES string of the molecule is Cc1cc(S(=O)Cc2nn(C)c3ccccc23)ccc1N. The third-order valence-electron chi connectivity index (χ3n) is 3.61. The number of benzene rings is 2. The molecular weight excluding hydrogens is 282 g/mol. The minimum absolute atomic E-state index is 0.407. The van der Waals surface area contributed by atoms with E-state index in [4.69, 9.17) is 5.73 Å². The van der Waals surface area contributed by atoms with Gasteiger partial charge in [0.25, 0.3) is 0 Å². The standard InChI is InChI=1S/C16H17N3OS/c1-11-9-12(7-8-14(11)17)21(20)10-15-13-5-3-4-6-16(13)19(2)18-15/h3-9H,10,17H2,1-2H3. The predicted molar refractivity (Wildman–Crippen MR) is 86.4 cm³/mol. The van der Waals surface area contributed by atoms with E-state index in [9.17, 15) is 4.21 Å². The van der Waals surface area contributed by atoms with E-state index < -0.39 is 10.8 Å². The van der Waals surface area contributed by atoms with Crippen LogP contribution in [0.3, 0.4) is 0 Å². The summed E-state index contributed by atoms with van der Waals surface area (Å²) in [5.74, 6) is 0.407. The summed E-state index contributed by atoms with van der Waals surface area (Å²) in [7, 11) is 0.778. The second-order valence-electron chi connectivity index (χ2n) is 5.10. The van der Waals surface area contributed by atoms with Crippen LogP contribution in [0.4, 0.5) is 5.69 Å². The van der Waals surface area contributed by atoms with Gasteiger partial charge in [0.2, 0.25) is 0 Å². The minimum atomic E-state index is -1.13. The number of nitrogens with two attached hydrogens (primary N) is 1. The fraction of sp³-hybridized carbons (Fsp3) is 0.188. The summed E-state index contributed by atoms with van der Waals surface area (Å²) >= 11 is 0. The fourth-order valence-corrected chi connectivity index (χ4v) is 3.55. The third-order valence-corrected chi connectivity index (χ3v) is 4.92. The average Bonchev–Trinajstić information content (AvgIpc) is 2.79. The highest BCUT2D eigenvalue weighted by atomic mass is 32.2. The van der Waals surface area contributed by atoms with E-state index in [1.165, 1.54) is 0 Å². The van der Waals surface area contributed by atoms with Crippen LogP contribution in [0.5, 0.6) is 0 Å². The van der Waals surface area contributed by atoms with Crippen LogP contribution in [0, 0.1) is 6.92 Å². The number of fused-ring (bicyclic) bond motifs is 1. The third kappa shape index (κ3) is 2.56. The largest absolute Gasteiger partial charge is 0.399 e. The summed E-state index contributed by atoms with van der Waals surface area (Å²) in [6.07, 6.45) is 0. The normalized spacial score (nSPS) is 12.7. The van der Waals surface area contributed by atoms with Crippen LogP contribution in [-0.2, 0) is 23.6 Å². The summed E-state index contributed by atoms with van der Waals surface area (Å²) in [6.45, 7) is 1.92. The lowest BCUT2D eigenvalue weighted by Crippen LogP contribution is -2.00. The van der Waals surface area contributed by atoms with E-state index in [1.807, 2.05) is 55.1 Å². The van der Waals surface area contributed by atoms with Gasteiger partial charge in [-0.3, -0.25) is 8.89 Å². The van der Waals surface area contributed by atoms with E-state index >= 15 is 0 Å². The Bertz CT molecular complexity index is 839. The van der Waals surface area contributed by atoms with Crippen LogP contribution < -0.4 is 5.73 Å². The predicted octanol–water partition coefficient (Wildman–Crippen LogP) is 2.77. The van der Waals surface area contributed by atoms with Gasteiger partial charge in [-0.05, 0) is 36.8 Å². The van der Waals surface area contributed by atoms with E-state index in [0.717, 1.165) is 32.7 Å². The van der Waals surface area contributed by atoms with Crippen LogP contribution in [0.2, 0.25) is 0 Å². The van der Waals surface area contributed by atoms with Crippen LogP contribution in [0.1, 0.15) is 11.3 Å². The summed E-state index contributed by atoms with van der Waals surface area (Å²) in [4.78, 5) is 0.788. The van der Waals surface area contributed by atoms with Gasteiger partial charge in [0, 0.05) is 23.0 Å². The molecule has 1 heterocycles. The molecule has 0 spiro atoms.